The van der Waals surface area contributed by atoms with E-state index in [0.29, 0.717) is 19.3 Å². The molecule has 0 bridgehead atoms. The quantitative estimate of drug-likeness (QED) is 0.0345. The van der Waals surface area contributed by atoms with Crippen LogP contribution >= 0.6 is 0 Å². The normalized spacial score (nSPS) is 13.0. The van der Waals surface area contributed by atoms with E-state index in [1.807, 2.05) is 0 Å². The van der Waals surface area contributed by atoms with Crippen LogP contribution in [0.5, 0.6) is 0 Å². The molecule has 0 aliphatic heterocycles. The summed E-state index contributed by atoms with van der Waals surface area (Å²) < 4.78 is 16.8. The van der Waals surface area contributed by atoms with E-state index in [1.165, 1.54) is 180 Å². The summed E-state index contributed by atoms with van der Waals surface area (Å²) >= 11 is 0. The summed E-state index contributed by atoms with van der Waals surface area (Å²) in [6.07, 6.45) is 46.5. The third kappa shape index (κ3) is 44.3. The van der Waals surface area contributed by atoms with Crippen LogP contribution in [0.25, 0.3) is 0 Å². The Bertz CT molecular complexity index is 904. The molecule has 3 atom stereocenters. The number of carbonyl (C=O) groups is 3. The molecule has 59 heavy (non-hydrogen) atoms. The van der Waals surface area contributed by atoms with Gasteiger partial charge in [-0.25, -0.2) is 0 Å². The maximum Gasteiger partial charge on any atom is 0.306 e. The number of hydrogen-bond donors (Lipinski definition) is 0. The van der Waals surface area contributed by atoms with E-state index in [9.17, 15) is 14.4 Å². The Balaban J connectivity index is 4.27. The fraction of sp³-hybridized carbons (Fsp3) is 0.943. The third-order valence-corrected chi connectivity index (χ3v) is 12.7. The van der Waals surface area contributed by atoms with Crippen LogP contribution in [0, 0.1) is 11.8 Å². The molecule has 2 unspecified atom stereocenters. The van der Waals surface area contributed by atoms with Gasteiger partial charge >= 0.3 is 17.9 Å². The van der Waals surface area contributed by atoms with E-state index >= 15 is 0 Å². The highest BCUT2D eigenvalue weighted by Gasteiger charge is 2.19. The smallest absolute Gasteiger partial charge is 0.306 e. The third-order valence-electron chi connectivity index (χ3n) is 12.7. The van der Waals surface area contributed by atoms with Crippen molar-refractivity contribution in [3.8, 4) is 0 Å². The molecule has 350 valence electrons. The lowest BCUT2D eigenvalue weighted by Crippen LogP contribution is -2.30. The average molecular weight is 835 g/mol. The molecular weight excluding hydrogens is 733 g/mol. The van der Waals surface area contributed by atoms with Gasteiger partial charge in [-0.05, 0) is 31.1 Å². The highest BCUT2D eigenvalue weighted by atomic mass is 16.6. The molecule has 0 heterocycles. The number of carbonyl (C=O) groups excluding carboxylic acids is 3. The predicted molar refractivity (Wildman–Crippen MR) is 252 cm³/mol. The molecule has 0 spiro atoms. The molecule has 0 rings (SSSR count). The molecule has 0 aliphatic carbocycles. The van der Waals surface area contributed by atoms with Crippen LogP contribution in [0.4, 0.5) is 0 Å². The second-order valence-electron chi connectivity index (χ2n) is 18.6. The SMILES string of the molecule is CCCCCCCCCCCCCC(=O)O[C@@H](COC(=O)CCCCCCCCCCCCCCCCC(C)CC)COC(=O)CCCCCCCCCCC(C)CC. The summed E-state index contributed by atoms with van der Waals surface area (Å²) in [6.45, 7) is 11.4. The van der Waals surface area contributed by atoms with Gasteiger partial charge in [-0.1, -0.05) is 253 Å². The molecular formula is C53H102O6. The van der Waals surface area contributed by atoms with Crippen molar-refractivity contribution in [2.75, 3.05) is 13.2 Å². The summed E-state index contributed by atoms with van der Waals surface area (Å²) in [4.78, 5) is 37.9. The van der Waals surface area contributed by atoms with E-state index in [0.717, 1.165) is 69.6 Å². The Morgan fingerprint density at radius 2 is 0.593 bits per heavy atom. The van der Waals surface area contributed by atoms with Crippen molar-refractivity contribution in [2.45, 2.75) is 298 Å². The standard InChI is InChI=1S/C53H102O6/c1-6-9-10-11-12-13-18-23-30-35-40-45-53(56)59-50(47-58-52(55)44-39-34-29-25-24-27-32-37-42-49(5)8-3)46-57-51(54)43-38-33-28-22-20-17-15-14-16-19-21-26-31-36-41-48(4)7-2/h48-50H,6-47H2,1-5H3/t48?,49?,50-/m0/s1. The lowest BCUT2D eigenvalue weighted by Gasteiger charge is -2.18. The summed E-state index contributed by atoms with van der Waals surface area (Å²) in [6, 6.07) is 0. The van der Waals surface area contributed by atoms with Gasteiger partial charge in [0.2, 0.25) is 0 Å². The van der Waals surface area contributed by atoms with Gasteiger partial charge in [0.1, 0.15) is 13.2 Å². The number of rotatable bonds is 47. The van der Waals surface area contributed by atoms with Crippen LogP contribution in [0.2, 0.25) is 0 Å². The molecule has 0 aromatic rings. The van der Waals surface area contributed by atoms with Crippen molar-refractivity contribution in [3.63, 3.8) is 0 Å². The Morgan fingerprint density at radius 3 is 0.881 bits per heavy atom. The molecule has 6 heteroatoms. The van der Waals surface area contributed by atoms with E-state index < -0.39 is 6.10 Å². The first-order valence-electron chi connectivity index (χ1n) is 26.3. The minimum atomic E-state index is -0.761. The van der Waals surface area contributed by atoms with Crippen molar-refractivity contribution < 1.29 is 28.6 Å². The molecule has 0 fully saturated rings. The molecule has 6 nitrogen and oxygen atoms in total. The largest absolute Gasteiger partial charge is 0.462 e. The minimum absolute atomic E-state index is 0.0638. The number of hydrogen-bond acceptors (Lipinski definition) is 6. The number of esters is 3. The zero-order valence-corrected chi connectivity index (χ0v) is 40.4. The monoisotopic (exact) mass is 835 g/mol. The highest BCUT2D eigenvalue weighted by Crippen LogP contribution is 2.18. The Hall–Kier alpha value is -1.59. The van der Waals surface area contributed by atoms with Crippen LogP contribution in [-0.2, 0) is 28.6 Å². The minimum Gasteiger partial charge on any atom is -0.462 e. The van der Waals surface area contributed by atoms with Crippen LogP contribution in [0.1, 0.15) is 291 Å². The van der Waals surface area contributed by atoms with Gasteiger partial charge in [0.05, 0.1) is 0 Å². The zero-order valence-electron chi connectivity index (χ0n) is 40.4. The first kappa shape index (κ1) is 57.4. The first-order chi connectivity index (χ1) is 28.8. The molecule has 0 aromatic carbocycles. The van der Waals surface area contributed by atoms with Crippen LogP contribution < -0.4 is 0 Å². The lowest BCUT2D eigenvalue weighted by molar-refractivity contribution is -0.167. The summed E-state index contributed by atoms with van der Waals surface area (Å²) in [5.41, 5.74) is 0. The summed E-state index contributed by atoms with van der Waals surface area (Å²) in [7, 11) is 0. The topological polar surface area (TPSA) is 78.9 Å². The molecule has 0 radical (unpaired) electrons. The van der Waals surface area contributed by atoms with Crippen LogP contribution in [0.15, 0.2) is 0 Å². The zero-order chi connectivity index (χ0) is 43.3. The molecule has 0 saturated carbocycles. The lowest BCUT2D eigenvalue weighted by atomic mass is 9.99. The summed E-state index contributed by atoms with van der Waals surface area (Å²) in [5.74, 6) is 0.895. The van der Waals surface area contributed by atoms with Crippen LogP contribution in [-0.4, -0.2) is 37.2 Å². The Labute approximate surface area is 368 Å². The van der Waals surface area contributed by atoms with Gasteiger partial charge in [0.15, 0.2) is 6.10 Å². The molecule has 0 saturated heterocycles. The van der Waals surface area contributed by atoms with Gasteiger partial charge in [0.25, 0.3) is 0 Å². The van der Waals surface area contributed by atoms with Crippen LogP contribution in [0.3, 0.4) is 0 Å². The average Bonchev–Trinajstić information content (AvgIpc) is 3.23. The second-order valence-corrected chi connectivity index (χ2v) is 18.6. The maximum atomic E-state index is 12.8. The van der Waals surface area contributed by atoms with Gasteiger partial charge < -0.3 is 14.2 Å². The van der Waals surface area contributed by atoms with Crippen molar-refractivity contribution >= 4 is 17.9 Å². The van der Waals surface area contributed by atoms with Gasteiger partial charge in [-0.15, -0.1) is 0 Å². The van der Waals surface area contributed by atoms with Crippen molar-refractivity contribution in [3.05, 3.63) is 0 Å². The Kier molecular flexibility index (Phi) is 44.7. The van der Waals surface area contributed by atoms with Crippen molar-refractivity contribution in [1.82, 2.24) is 0 Å². The van der Waals surface area contributed by atoms with Gasteiger partial charge in [-0.3, -0.25) is 14.4 Å². The van der Waals surface area contributed by atoms with Crippen molar-refractivity contribution in [1.29, 1.82) is 0 Å². The van der Waals surface area contributed by atoms with E-state index in [1.54, 1.807) is 0 Å². The maximum absolute atomic E-state index is 12.8. The van der Waals surface area contributed by atoms with Crippen molar-refractivity contribution in [2.24, 2.45) is 11.8 Å². The number of ether oxygens (including phenoxy) is 3. The Morgan fingerprint density at radius 1 is 0.339 bits per heavy atom. The van der Waals surface area contributed by atoms with E-state index in [2.05, 4.69) is 34.6 Å². The van der Waals surface area contributed by atoms with E-state index in [4.69, 9.17) is 14.2 Å². The van der Waals surface area contributed by atoms with E-state index in [-0.39, 0.29) is 31.1 Å². The molecule has 0 N–H and O–H groups in total. The fourth-order valence-corrected chi connectivity index (χ4v) is 7.93. The second kappa shape index (κ2) is 45.9. The van der Waals surface area contributed by atoms with Gasteiger partial charge in [0, 0.05) is 19.3 Å². The number of unbranched alkanes of at least 4 members (excludes halogenated alkanes) is 30. The van der Waals surface area contributed by atoms with Gasteiger partial charge in [-0.2, -0.15) is 0 Å². The first-order valence-corrected chi connectivity index (χ1v) is 26.3. The fourth-order valence-electron chi connectivity index (χ4n) is 7.93. The molecule has 0 aliphatic rings. The predicted octanol–water partition coefficient (Wildman–Crippen LogP) is 16.9. The highest BCUT2D eigenvalue weighted by molar-refractivity contribution is 5.71. The molecule has 0 amide bonds. The molecule has 0 aromatic heterocycles. The summed E-state index contributed by atoms with van der Waals surface area (Å²) in [5, 5.41) is 0.